The molecule has 0 bridgehead atoms. The van der Waals surface area contributed by atoms with Crippen molar-refractivity contribution in [2.45, 2.75) is 86.0 Å². The number of hydrogen-bond donors (Lipinski definition) is 2. The van der Waals surface area contributed by atoms with Crippen LogP contribution >= 0.6 is 0 Å². The SMILES string of the molecule is CCN(C(=O)C(C)NC(=O)OC(C)(C)C)C(C(=O)NC(C)C)c1ccc(C)c(C)c1. The van der Waals surface area contributed by atoms with E-state index in [2.05, 4.69) is 10.6 Å². The van der Waals surface area contributed by atoms with Gasteiger partial charge in [0.2, 0.25) is 11.8 Å². The topological polar surface area (TPSA) is 87.7 Å². The lowest BCUT2D eigenvalue weighted by molar-refractivity contribution is -0.142. The van der Waals surface area contributed by atoms with E-state index in [0.29, 0.717) is 6.54 Å². The van der Waals surface area contributed by atoms with Crippen LogP contribution in [0.1, 0.15) is 71.2 Å². The quantitative estimate of drug-likeness (QED) is 0.706. The van der Waals surface area contributed by atoms with E-state index in [1.807, 2.05) is 52.8 Å². The van der Waals surface area contributed by atoms with Crippen LogP contribution in [-0.4, -0.2) is 47.0 Å². The maximum Gasteiger partial charge on any atom is 0.408 e. The first-order chi connectivity index (χ1) is 13.8. The lowest BCUT2D eigenvalue weighted by Gasteiger charge is -2.33. The predicted molar refractivity (Wildman–Crippen MR) is 118 cm³/mol. The van der Waals surface area contributed by atoms with Gasteiger partial charge in [-0.25, -0.2) is 4.79 Å². The summed E-state index contributed by atoms with van der Waals surface area (Å²) in [4.78, 5) is 39.9. The average Bonchev–Trinajstić information content (AvgIpc) is 2.59. The summed E-state index contributed by atoms with van der Waals surface area (Å²) in [6.07, 6.45) is -0.672. The number of likely N-dealkylation sites (N-methyl/N-ethyl adjacent to an activating group) is 1. The Balaban J connectivity index is 3.21. The highest BCUT2D eigenvalue weighted by molar-refractivity contribution is 5.92. The molecule has 0 aromatic heterocycles. The Hall–Kier alpha value is -2.57. The number of carbonyl (C=O) groups is 3. The van der Waals surface area contributed by atoms with Crippen molar-refractivity contribution in [2.24, 2.45) is 0 Å². The van der Waals surface area contributed by atoms with E-state index >= 15 is 0 Å². The number of alkyl carbamates (subject to hydrolysis) is 1. The van der Waals surface area contributed by atoms with Gasteiger partial charge < -0.3 is 20.3 Å². The maximum absolute atomic E-state index is 13.2. The Morgan fingerprint density at radius 2 is 1.63 bits per heavy atom. The normalized spacial score (nSPS) is 13.4. The monoisotopic (exact) mass is 419 g/mol. The van der Waals surface area contributed by atoms with Gasteiger partial charge in [0, 0.05) is 12.6 Å². The van der Waals surface area contributed by atoms with E-state index in [4.69, 9.17) is 4.74 Å². The van der Waals surface area contributed by atoms with Gasteiger partial charge in [-0.2, -0.15) is 0 Å². The summed E-state index contributed by atoms with van der Waals surface area (Å²) in [5.41, 5.74) is 2.21. The number of ether oxygens (including phenoxy) is 1. The van der Waals surface area contributed by atoms with Crippen molar-refractivity contribution in [1.82, 2.24) is 15.5 Å². The fourth-order valence-corrected chi connectivity index (χ4v) is 3.03. The largest absolute Gasteiger partial charge is 0.444 e. The van der Waals surface area contributed by atoms with Crippen LogP contribution in [0, 0.1) is 13.8 Å². The van der Waals surface area contributed by atoms with Gasteiger partial charge in [0.25, 0.3) is 0 Å². The summed E-state index contributed by atoms with van der Waals surface area (Å²) < 4.78 is 5.25. The Kier molecular flexibility index (Phi) is 8.88. The zero-order valence-electron chi connectivity index (χ0n) is 19.8. The molecule has 0 radical (unpaired) electrons. The highest BCUT2D eigenvalue weighted by Crippen LogP contribution is 2.24. The van der Waals surface area contributed by atoms with E-state index in [9.17, 15) is 14.4 Å². The molecule has 0 heterocycles. The van der Waals surface area contributed by atoms with Crippen LogP contribution in [0.4, 0.5) is 4.79 Å². The summed E-state index contributed by atoms with van der Waals surface area (Å²) in [6, 6.07) is 4.03. The lowest BCUT2D eigenvalue weighted by atomic mass is 9.98. The molecule has 1 rings (SSSR count). The third-order valence-electron chi connectivity index (χ3n) is 4.57. The maximum atomic E-state index is 13.2. The predicted octanol–water partition coefficient (Wildman–Crippen LogP) is 3.63. The lowest BCUT2D eigenvalue weighted by Crippen LogP contribution is -2.52. The van der Waals surface area contributed by atoms with Crippen LogP contribution in [-0.2, 0) is 14.3 Å². The molecule has 7 heteroatoms. The minimum absolute atomic E-state index is 0.0716. The van der Waals surface area contributed by atoms with Crippen LogP contribution in [0.5, 0.6) is 0 Å². The number of carbonyl (C=O) groups excluding carboxylic acids is 3. The molecule has 0 spiro atoms. The molecule has 168 valence electrons. The van der Waals surface area contributed by atoms with Gasteiger partial charge in [-0.05, 0) is 79.0 Å². The third-order valence-corrected chi connectivity index (χ3v) is 4.57. The molecule has 2 atom stereocenters. The molecule has 1 aromatic carbocycles. The van der Waals surface area contributed by atoms with Crippen LogP contribution in [0.15, 0.2) is 18.2 Å². The summed E-state index contributed by atoms with van der Waals surface area (Å²) in [7, 11) is 0. The fraction of sp³-hybridized carbons (Fsp3) is 0.609. The fourth-order valence-electron chi connectivity index (χ4n) is 3.03. The zero-order chi connectivity index (χ0) is 23.2. The number of benzene rings is 1. The van der Waals surface area contributed by atoms with E-state index in [1.54, 1.807) is 27.7 Å². The number of hydrogen-bond acceptors (Lipinski definition) is 4. The van der Waals surface area contributed by atoms with Crippen molar-refractivity contribution in [3.63, 3.8) is 0 Å². The van der Waals surface area contributed by atoms with Gasteiger partial charge in [0.1, 0.15) is 17.7 Å². The molecule has 2 unspecified atom stereocenters. The molecular weight excluding hydrogens is 382 g/mol. The minimum Gasteiger partial charge on any atom is -0.444 e. The van der Waals surface area contributed by atoms with Crippen molar-refractivity contribution in [2.75, 3.05) is 6.54 Å². The summed E-state index contributed by atoms with van der Waals surface area (Å²) >= 11 is 0. The van der Waals surface area contributed by atoms with E-state index in [-0.39, 0.29) is 17.9 Å². The molecule has 30 heavy (non-hydrogen) atoms. The van der Waals surface area contributed by atoms with Gasteiger partial charge in [-0.15, -0.1) is 0 Å². The molecular formula is C23H37N3O4. The Bertz CT molecular complexity index is 768. The number of aryl methyl sites for hydroxylation is 2. The van der Waals surface area contributed by atoms with Crippen molar-refractivity contribution in [1.29, 1.82) is 0 Å². The van der Waals surface area contributed by atoms with E-state index < -0.39 is 23.8 Å². The van der Waals surface area contributed by atoms with Crippen LogP contribution in [0.2, 0.25) is 0 Å². The van der Waals surface area contributed by atoms with Crippen molar-refractivity contribution in [3.8, 4) is 0 Å². The highest BCUT2D eigenvalue weighted by Gasteiger charge is 2.34. The smallest absolute Gasteiger partial charge is 0.408 e. The number of rotatable bonds is 7. The van der Waals surface area contributed by atoms with Crippen molar-refractivity contribution in [3.05, 3.63) is 34.9 Å². The summed E-state index contributed by atoms with van der Waals surface area (Å²) in [6.45, 7) is 16.7. The first-order valence-corrected chi connectivity index (χ1v) is 10.4. The first-order valence-electron chi connectivity index (χ1n) is 10.4. The second kappa shape index (κ2) is 10.5. The van der Waals surface area contributed by atoms with Gasteiger partial charge >= 0.3 is 6.09 Å². The molecule has 2 N–H and O–H groups in total. The van der Waals surface area contributed by atoms with E-state index in [1.165, 1.54) is 4.90 Å². The van der Waals surface area contributed by atoms with Crippen molar-refractivity contribution < 1.29 is 19.1 Å². The minimum atomic E-state index is -0.847. The molecule has 1 aromatic rings. The number of nitrogens with zero attached hydrogens (tertiary/aromatic N) is 1. The molecule has 0 saturated carbocycles. The van der Waals surface area contributed by atoms with Gasteiger partial charge in [0.05, 0.1) is 0 Å². The van der Waals surface area contributed by atoms with E-state index in [0.717, 1.165) is 16.7 Å². The Morgan fingerprint density at radius 1 is 1.03 bits per heavy atom. The Labute approximate surface area is 180 Å². The van der Waals surface area contributed by atoms with Crippen LogP contribution < -0.4 is 10.6 Å². The third kappa shape index (κ3) is 7.35. The summed E-state index contributed by atoms with van der Waals surface area (Å²) in [5, 5.41) is 5.48. The van der Waals surface area contributed by atoms with Gasteiger partial charge in [0.15, 0.2) is 0 Å². The molecule has 0 aliphatic heterocycles. The molecule has 0 fully saturated rings. The highest BCUT2D eigenvalue weighted by atomic mass is 16.6. The van der Waals surface area contributed by atoms with Crippen LogP contribution in [0.25, 0.3) is 0 Å². The Morgan fingerprint density at radius 3 is 2.10 bits per heavy atom. The second-order valence-electron chi connectivity index (χ2n) is 8.90. The zero-order valence-corrected chi connectivity index (χ0v) is 19.8. The first kappa shape index (κ1) is 25.5. The molecule has 7 nitrogen and oxygen atoms in total. The van der Waals surface area contributed by atoms with Gasteiger partial charge in [-0.1, -0.05) is 18.2 Å². The molecule has 0 saturated heterocycles. The average molecular weight is 420 g/mol. The van der Waals surface area contributed by atoms with Crippen molar-refractivity contribution >= 4 is 17.9 Å². The summed E-state index contributed by atoms with van der Waals surface area (Å²) in [5.74, 6) is -0.613. The molecule has 3 amide bonds. The standard InChI is InChI=1S/C23H37N3O4/c1-10-26(21(28)17(6)25-22(29)30-23(7,8)9)19(20(27)24-14(2)3)18-12-11-15(4)16(5)13-18/h11-14,17,19H,10H2,1-9H3,(H,24,27)(H,25,29). The molecule has 0 aliphatic carbocycles. The molecule has 0 aliphatic rings. The second-order valence-corrected chi connectivity index (χ2v) is 8.90. The van der Waals surface area contributed by atoms with Gasteiger partial charge in [-0.3, -0.25) is 9.59 Å². The number of amides is 3. The number of nitrogens with one attached hydrogen (secondary N) is 2. The van der Waals surface area contributed by atoms with Crippen LogP contribution in [0.3, 0.4) is 0 Å².